The number of halogens is 2. The fourth-order valence-electron chi connectivity index (χ4n) is 2.77. The molecule has 0 saturated carbocycles. The van der Waals surface area contributed by atoms with E-state index in [9.17, 15) is 9.59 Å². The standard InChI is InChI=1S/C17H24ClFN4O4/c1-16(2,3)27-15(25)23-8-6-17(19,7-9-23)22(4)11-10-12(18)20-21-13(11)14(24)26-5/h10H,6-9H2,1-5H3. The molecule has 10 heteroatoms. The van der Waals surface area contributed by atoms with E-state index in [0.29, 0.717) is 0 Å². The van der Waals surface area contributed by atoms with Gasteiger partial charge in [0.25, 0.3) is 0 Å². The summed E-state index contributed by atoms with van der Waals surface area (Å²) in [5.74, 6) is -2.54. The first-order valence-corrected chi connectivity index (χ1v) is 8.87. The lowest BCUT2D eigenvalue weighted by molar-refractivity contribution is 0.00351. The summed E-state index contributed by atoms with van der Waals surface area (Å²) in [4.78, 5) is 26.9. The van der Waals surface area contributed by atoms with Gasteiger partial charge >= 0.3 is 12.1 Å². The summed E-state index contributed by atoms with van der Waals surface area (Å²) < 4.78 is 25.6. The number of aromatic nitrogens is 2. The number of ether oxygens (including phenoxy) is 2. The average Bonchev–Trinajstić information content (AvgIpc) is 2.59. The van der Waals surface area contributed by atoms with E-state index in [1.807, 2.05) is 0 Å². The third-order valence-electron chi connectivity index (χ3n) is 4.27. The lowest BCUT2D eigenvalue weighted by Crippen LogP contribution is -2.53. The number of amides is 1. The van der Waals surface area contributed by atoms with Crippen molar-refractivity contribution >= 4 is 29.4 Å². The second kappa shape index (κ2) is 7.84. The summed E-state index contributed by atoms with van der Waals surface area (Å²) in [7, 11) is 2.70. The highest BCUT2D eigenvalue weighted by Gasteiger charge is 2.42. The third kappa shape index (κ3) is 4.97. The van der Waals surface area contributed by atoms with Crippen molar-refractivity contribution in [3.05, 3.63) is 16.9 Å². The molecule has 27 heavy (non-hydrogen) atoms. The van der Waals surface area contributed by atoms with Crippen LogP contribution in [0.3, 0.4) is 0 Å². The molecule has 1 saturated heterocycles. The van der Waals surface area contributed by atoms with Crippen molar-refractivity contribution in [2.45, 2.75) is 45.0 Å². The van der Waals surface area contributed by atoms with E-state index in [1.165, 1.54) is 30.0 Å². The summed E-state index contributed by atoms with van der Waals surface area (Å²) in [5, 5.41) is 7.38. The summed E-state index contributed by atoms with van der Waals surface area (Å²) in [6, 6.07) is 1.36. The Kier molecular flexibility index (Phi) is 6.14. The Morgan fingerprint density at radius 1 is 1.30 bits per heavy atom. The van der Waals surface area contributed by atoms with Crippen molar-refractivity contribution in [2.24, 2.45) is 0 Å². The number of alkyl halides is 1. The number of methoxy groups -OCH3 is 1. The van der Waals surface area contributed by atoms with Gasteiger partial charge in [0.2, 0.25) is 0 Å². The van der Waals surface area contributed by atoms with E-state index >= 15 is 4.39 Å². The van der Waals surface area contributed by atoms with Crippen LogP contribution in [-0.2, 0) is 9.47 Å². The molecular formula is C17H24ClFN4O4. The smallest absolute Gasteiger partial charge is 0.410 e. The highest BCUT2D eigenvalue weighted by molar-refractivity contribution is 6.29. The van der Waals surface area contributed by atoms with Crippen LogP contribution in [-0.4, -0.2) is 65.8 Å². The Morgan fingerprint density at radius 2 is 1.89 bits per heavy atom. The van der Waals surface area contributed by atoms with Crippen LogP contribution in [0, 0.1) is 0 Å². The molecule has 0 radical (unpaired) electrons. The monoisotopic (exact) mass is 402 g/mol. The predicted molar refractivity (Wildman–Crippen MR) is 97.7 cm³/mol. The van der Waals surface area contributed by atoms with Crippen LogP contribution in [0.4, 0.5) is 14.9 Å². The minimum absolute atomic E-state index is 0.0271. The van der Waals surface area contributed by atoms with Crippen LogP contribution >= 0.6 is 11.6 Å². The van der Waals surface area contributed by atoms with Gasteiger partial charge in [-0.3, -0.25) is 0 Å². The van der Waals surface area contributed by atoms with Crippen molar-refractivity contribution in [3.63, 3.8) is 0 Å². The van der Waals surface area contributed by atoms with Gasteiger partial charge in [0.05, 0.1) is 12.8 Å². The first-order chi connectivity index (χ1) is 12.5. The van der Waals surface area contributed by atoms with Crippen LogP contribution in [0.15, 0.2) is 6.07 Å². The lowest BCUT2D eigenvalue weighted by Gasteiger charge is -2.42. The molecule has 1 aromatic heterocycles. The second-order valence-corrected chi connectivity index (χ2v) is 7.72. The quantitative estimate of drug-likeness (QED) is 0.567. The van der Waals surface area contributed by atoms with Crippen LogP contribution in [0.25, 0.3) is 0 Å². The fourth-order valence-corrected chi connectivity index (χ4v) is 2.91. The van der Waals surface area contributed by atoms with Crippen LogP contribution in [0.5, 0.6) is 0 Å². The number of anilines is 1. The Hall–Kier alpha value is -2.16. The van der Waals surface area contributed by atoms with Gasteiger partial charge in [-0.25, -0.2) is 14.0 Å². The Morgan fingerprint density at radius 3 is 2.41 bits per heavy atom. The number of carbonyl (C=O) groups is 2. The van der Waals surface area contributed by atoms with Gasteiger partial charge < -0.3 is 19.3 Å². The molecule has 0 spiro atoms. The molecule has 0 N–H and O–H groups in total. The van der Waals surface area contributed by atoms with E-state index in [4.69, 9.17) is 16.3 Å². The van der Waals surface area contributed by atoms with Gasteiger partial charge in [-0.1, -0.05) is 11.6 Å². The number of carbonyl (C=O) groups excluding carboxylic acids is 2. The highest BCUT2D eigenvalue weighted by atomic mass is 35.5. The normalized spacial score (nSPS) is 16.6. The molecule has 8 nitrogen and oxygen atoms in total. The summed E-state index contributed by atoms with van der Waals surface area (Å²) in [6.45, 7) is 5.68. The molecule has 1 amide bonds. The van der Waals surface area contributed by atoms with Gasteiger partial charge in [0, 0.05) is 39.0 Å². The number of hydrogen-bond acceptors (Lipinski definition) is 7. The van der Waals surface area contributed by atoms with Crippen LogP contribution in [0.1, 0.15) is 44.1 Å². The number of piperidine rings is 1. The Balaban J connectivity index is 2.17. The maximum Gasteiger partial charge on any atom is 0.410 e. The number of rotatable bonds is 3. The molecule has 1 aliphatic heterocycles. The van der Waals surface area contributed by atoms with E-state index in [2.05, 4.69) is 14.9 Å². The van der Waals surface area contributed by atoms with Crippen LogP contribution < -0.4 is 4.90 Å². The number of nitrogens with zero attached hydrogens (tertiary/aromatic N) is 4. The maximum absolute atomic E-state index is 15.6. The molecule has 0 unspecified atom stereocenters. The van der Waals surface area contributed by atoms with E-state index < -0.39 is 23.5 Å². The fraction of sp³-hybridized carbons (Fsp3) is 0.647. The molecule has 1 aliphatic rings. The minimum atomic E-state index is -1.80. The first kappa shape index (κ1) is 21.1. The van der Waals surface area contributed by atoms with E-state index in [0.717, 1.165) is 0 Å². The molecule has 1 aromatic rings. The largest absolute Gasteiger partial charge is 0.464 e. The van der Waals surface area contributed by atoms with Gasteiger partial charge in [-0.05, 0) is 20.8 Å². The topological polar surface area (TPSA) is 84.9 Å². The average molecular weight is 403 g/mol. The molecular weight excluding hydrogens is 379 g/mol. The van der Waals surface area contributed by atoms with Crippen molar-refractivity contribution in [1.82, 2.24) is 15.1 Å². The zero-order valence-electron chi connectivity index (χ0n) is 16.1. The zero-order chi connectivity index (χ0) is 20.4. The first-order valence-electron chi connectivity index (χ1n) is 8.49. The molecule has 0 aromatic carbocycles. The number of hydrogen-bond donors (Lipinski definition) is 0. The third-order valence-corrected chi connectivity index (χ3v) is 4.45. The predicted octanol–water partition coefficient (Wildman–Crippen LogP) is 3.05. The summed E-state index contributed by atoms with van der Waals surface area (Å²) in [5.41, 5.74) is -0.571. The molecule has 0 bridgehead atoms. The Labute approximate surface area is 162 Å². The minimum Gasteiger partial charge on any atom is -0.464 e. The lowest BCUT2D eigenvalue weighted by atomic mass is 10.00. The zero-order valence-corrected chi connectivity index (χ0v) is 16.8. The van der Waals surface area contributed by atoms with Crippen molar-refractivity contribution in [3.8, 4) is 0 Å². The highest BCUT2D eigenvalue weighted by Crippen LogP contribution is 2.35. The van der Waals surface area contributed by atoms with Crippen molar-refractivity contribution in [2.75, 3.05) is 32.1 Å². The van der Waals surface area contributed by atoms with E-state index in [-0.39, 0.29) is 42.5 Å². The number of esters is 1. The molecule has 0 aliphatic carbocycles. The van der Waals surface area contributed by atoms with Crippen LogP contribution in [0.2, 0.25) is 5.15 Å². The molecule has 2 rings (SSSR count). The van der Waals surface area contributed by atoms with Gasteiger partial charge in [-0.2, -0.15) is 0 Å². The van der Waals surface area contributed by atoms with Gasteiger partial charge in [-0.15, -0.1) is 10.2 Å². The molecule has 0 atom stereocenters. The maximum atomic E-state index is 15.6. The summed E-state index contributed by atoms with van der Waals surface area (Å²) in [6.07, 6.45) is -0.414. The number of likely N-dealkylation sites (tertiary alicyclic amines) is 1. The molecule has 150 valence electrons. The van der Waals surface area contributed by atoms with Gasteiger partial charge in [0.1, 0.15) is 5.60 Å². The summed E-state index contributed by atoms with van der Waals surface area (Å²) >= 11 is 5.88. The second-order valence-electron chi connectivity index (χ2n) is 7.34. The van der Waals surface area contributed by atoms with E-state index in [1.54, 1.807) is 20.8 Å². The van der Waals surface area contributed by atoms with Crippen molar-refractivity contribution in [1.29, 1.82) is 0 Å². The molecule has 1 fully saturated rings. The molecule has 2 heterocycles. The van der Waals surface area contributed by atoms with Gasteiger partial charge in [0.15, 0.2) is 16.6 Å². The SMILES string of the molecule is COC(=O)c1nnc(Cl)cc1N(C)C1(F)CCN(C(=O)OC(C)(C)C)CC1. The van der Waals surface area contributed by atoms with Crippen molar-refractivity contribution < 1.29 is 23.5 Å². The Bertz CT molecular complexity index is 717.